The van der Waals surface area contributed by atoms with Crippen molar-refractivity contribution in [3.8, 4) is 0 Å². The molecule has 0 aliphatic rings. The molecule has 0 atom stereocenters. The molecular weight excluding hydrogens is 285 g/mol. The van der Waals surface area contributed by atoms with Crippen molar-refractivity contribution in [2.45, 2.75) is 6.42 Å². The SMILES string of the molecule is COC(=O)Nc1nc2ccc(Cc3ccc(F)cc3)cc2[nH]1. The Balaban J connectivity index is 1.83. The van der Waals surface area contributed by atoms with E-state index in [0.717, 1.165) is 22.2 Å². The Labute approximate surface area is 126 Å². The molecule has 1 heterocycles. The zero-order valence-corrected chi connectivity index (χ0v) is 11.9. The van der Waals surface area contributed by atoms with E-state index in [1.807, 2.05) is 18.2 Å². The van der Waals surface area contributed by atoms with Crippen LogP contribution in [-0.2, 0) is 11.2 Å². The van der Waals surface area contributed by atoms with Crippen molar-refractivity contribution < 1.29 is 13.9 Å². The summed E-state index contributed by atoms with van der Waals surface area (Å²) in [6.45, 7) is 0. The van der Waals surface area contributed by atoms with Gasteiger partial charge in [0.15, 0.2) is 0 Å². The van der Waals surface area contributed by atoms with Gasteiger partial charge in [-0.3, -0.25) is 5.32 Å². The average molecular weight is 299 g/mol. The number of fused-ring (bicyclic) bond motifs is 1. The fourth-order valence-corrected chi connectivity index (χ4v) is 2.21. The largest absolute Gasteiger partial charge is 0.453 e. The lowest BCUT2D eigenvalue weighted by atomic mass is 10.0. The number of nitrogens with one attached hydrogen (secondary N) is 2. The van der Waals surface area contributed by atoms with Crippen molar-refractivity contribution in [1.82, 2.24) is 9.97 Å². The minimum atomic E-state index is -0.578. The maximum atomic E-state index is 12.9. The number of ether oxygens (including phenoxy) is 1. The summed E-state index contributed by atoms with van der Waals surface area (Å²) in [6, 6.07) is 12.2. The van der Waals surface area contributed by atoms with E-state index in [2.05, 4.69) is 20.0 Å². The molecule has 0 unspecified atom stereocenters. The molecule has 0 spiro atoms. The molecule has 0 aliphatic heterocycles. The molecule has 2 N–H and O–H groups in total. The van der Waals surface area contributed by atoms with Crippen LogP contribution >= 0.6 is 0 Å². The van der Waals surface area contributed by atoms with Gasteiger partial charge in [0, 0.05) is 0 Å². The number of carbonyl (C=O) groups is 1. The highest BCUT2D eigenvalue weighted by molar-refractivity contribution is 5.86. The minimum Gasteiger partial charge on any atom is -0.453 e. The van der Waals surface area contributed by atoms with Crippen LogP contribution in [0, 0.1) is 5.82 Å². The fraction of sp³-hybridized carbons (Fsp3) is 0.125. The van der Waals surface area contributed by atoms with Crippen molar-refractivity contribution in [2.24, 2.45) is 0 Å². The number of carbonyl (C=O) groups excluding carboxylic acids is 1. The van der Waals surface area contributed by atoms with Crippen molar-refractivity contribution in [3.05, 3.63) is 59.4 Å². The predicted molar refractivity (Wildman–Crippen MR) is 81.3 cm³/mol. The van der Waals surface area contributed by atoms with Crippen molar-refractivity contribution in [3.63, 3.8) is 0 Å². The summed E-state index contributed by atoms with van der Waals surface area (Å²) in [7, 11) is 1.29. The zero-order chi connectivity index (χ0) is 15.5. The van der Waals surface area contributed by atoms with Crippen LogP contribution in [0.3, 0.4) is 0 Å². The highest BCUT2D eigenvalue weighted by Gasteiger charge is 2.07. The van der Waals surface area contributed by atoms with Crippen LogP contribution in [0.25, 0.3) is 11.0 Å². The smallest absolute Gasteiger partial charge is 0.413 e. The maximum Gasteiger partial charge on any atom is 0.413 e. The lowest BCUT2D eigenvalue weighted by Crippen LogP contribution is -2.11. The van der Waals surface area contributed by atoms with E-state index in [0.29, 0.717) is 12.4 Å². The summed E-state index contributed by atoms with van der Waals surface area (Å²) in [5.74, 6) is 0.0899. The Bertz CT molecular complexity index is 812. The number of aromatic nitrogens is 2. The summed E-state index contributed by atoms with van der Waals surface area (Å²) in [6.07, 6.45) is 0.111. The molecule has 0 saturated carbocycles. The molecule has 0 bridgehead atoms. The number of amides is 1. The van der Waals surface area contributed by atoms with E-state index in [1.54, 1.807) is 12.1 Å². The van der Waals surface area contributed by atoms with Crippen molar-refractivity contribution in [2.75, 3.05) is 12.4 Å². The Morgan fingerprint density at radius 3 is 2.68 bits per heavy atom. The Hall–Kier alpha value is -2.89. The van der Waals surface area contributed by atoms with Crippen molar-refractivity contribution >= 4 is 23.1 Å². The lowest BCUT2D eigenvalue weighted by Gasteiger charge is -2.02. The summed E-state index contributed by atoms with van der Waals surface area (Å²) in [5, 5.41) is 2.49. The van der Waals surface area contributed by atoms with E-state index >= 15 is 0 Å². The molecule has 0 radical (unpaired) electrons. The quantitative estimate of drug-likeness (QED) is 0.778. The first kappa shape index (κ1) is 14.1. The first-order valence-electron chi connectivity index (χ1n) is 6.72. The molecule has 1 amide bonds. The molecule has 22 heavy (non-hydrogen) atoms. The van der Waals surface area contributed by atoms with Crippen LogP contribution in [-0.4, -0.2) is 23.2 Å². The first-order chi connectivity index (χ1) is 10.6. The first-order valence-corrected chi connectivity index (χ1v) is 6.72. The van der Waals surface area contributed by atoms with Gasteiger partial charge in [-0.05, 0) is 41.8 Å². The number of rotatable bonds is 3. The molecule has 0 saturated heterocycles. The molecule has 5 nitrogen and oxygen atoms in total. The number of nitrogens with zero attached hydrogens (tertiary/aromatic N) is 1. The van der Waals surface area contributed by atoms with Crippen molar-refractivity contribution in [1.29, 1.82) is 0 Å². The summed E-state index contributed by atoms with van der Waals surface area (Å²) in [5.41, 5.74) is 3.64. The molecule has 6 heteroatoms. The number of benzene rings is 2. The molecule has 3 aromatic rings. The van der Waals surface area contributed by atoms with E-state index in [-0.39, 0.29) is 5.82 Å². The normalized spacial score (nSPS) is 10.6. The molecule has 0 aliphatic carbocycles. The minimum absolute atomic E-state index is 0.244. The van der Waals surface area contributed by atoms with Gasteiger partial charge in [-0.15, -0.1) is 0 Å². The molecule has 2 aromatic carbocycles. The molecular formula is C16H14FN3O2. The number of H-pyrrole nitrogens is 1. The van der Waals surface area contributed by atoms with Crippen LogP contribution < -0.4 is 5.32 Å². The number of hydrogen-bond donors (Lipinski definition) is 2. The number of imidazole rings is 1. The van der Waals surface area contributed by atoms with Gasteiger partial charge in [0.2, 0.25) is 5.95 Å². The predicted octanol–water partition coefficient (Wildman–Crippen LogP) is 3.47. The molecule has 0 fully saturated rings. The lowest BCUT2D eigenvalue weighted by molar-refractivity contribution is 0.186. The third kappa shape index (κ3) is 3.06. The standard InChI is InChI=1S/C16H14FN3O2/c1-22-16(21)20-15-18-13-7-4-11(9-14(13)19-15)8-10-2-5-12(17)6-3-10/h2-7,9H,8H2,1H3,(H2,18,19,20,21). The van der Waals surface area contributed by atoms with E-state index in [9.17, 15) is 9.18 Å². The third-order valence-corrected chi connectivity index (χ3v) is 3.27. The third-order valence-electron chi connectivity index (χ3n) is 3.27. The van der Waals surface area contributed by atoms with Crippen LogP contribution in [0.1, 0.15) is 11.1 Å². The Morgan fingerprint density at radius 1 is 1.23 bits per heavy atom. The molecule has 1 aromatic heterocycles. The topological polar surface area (TPSA) is 67.0 Å². The molecule has 3 rings (SSSR count). The van der Waals surface area contributed by atoms with E-state index in [1.165, 1.54) is 19.2 Å². The van der Waals surface area contributed by atoms with Crippen LogP contribution in [0.4, 0.5) is 15.1 Å². The monoisotopic (exact) mass is 299 g/mol. The Morgan fingerprint density at radius 2 is 1.95 bits per heavy atom. The highest BCUT2D eigenvalue weighted by Crippen LogP contribution is 2.18. The maximum absolute atomic E-state index is 12.9. The van der Waals surface area contributed by atoms with Gasteiger partial charge < -0.3 is 9.72 Å². The number of hydrogen-bond acceptors (Lipinski definition) is 3. The van der Waals surface area contributed by atoms with Gasteiger partial charge in [-0.2, -0.15) is 0 Å². The zero-order valence-electron chi connectivity index (χ0n) is 11.9. The highest BCUT2D eigenvalue weighted by atomic mass is 19.1. The van der Waals surface area contributed by atoms with Gasteiger partial charge in [-0.25, -0.2) is 14.2 Å². The van der Waals surface area contributed by atoms with Gasteiger partial charge in [-0.1, -0.05) is 18.2 Å². The fourth-order valence-electron chi connectivity index (χ4n) is 2.21. The van der Waals surface area contributed by atoms with Crippen LogP contribution in [0.2, 0.25) is 0 Å². The van der Waals surface area contributed by atoms with Gasteiger partial charge in [0.05, 0.1) is 18.1 Å². The van der Waals surface area contributed by atoms with E-state index in [4.69, 9.17) is 0 Å². The number of anilines is 1. The summed E-state index contributed by atoms with van der Waals surface area (Å²) >= 11 is 0. The van der Waals surface area contributed by atoms with E-state index < -0.39 is 6.09 Å². The van der Waals surface area contributed by atoms with Gasteiger partial charge in [0.1, 0.15) is 5.82 Å². The van der Waals surface area contributed by atoms with Crippen LogP contribution in [0.5, 0.6) is 0 Å². The second-order valence-electron chi connectivity index (χ2n) is 4.86. The van der Waals surface area contributed by atoms with Crippen LogP contribution in [0.15, 0.2) is 42.5 Å². The second kappa shape index (κ2) is 5.85. The molecule has 112 valence electrons. The number of methoxy groups -OCH3 is 1. The summed E-state index contributed by atoms with van der Waals surface area (Å²) < 4.78 is 17.4. The number of halogens is 1. The Kier molecular flexibility index (Phi) is 3.74. The van der Waals surface area contributed by atoms with Gasteiger partial charge in [0.25, 0.3) is 0 Å². The van der Waals surface area contributed by atoms with Gasteiger partial charge >= 0.3 is 6.09 Å². The average Bonchev–Trinajstić information content (AvgIpc) is 2.91. The summed E-state index contributed by atoms with van der Waals surface area (Å²) in [4.78, 5) is 18.4. The number of aromatic amines is 1. The second-order valence-corrected chi connectivity index (χ2v) is 4.86.